The molecule has 8 heteroatoms. The molecular formula is C12H24N2O5S. The van der Waals surface area contributed by atoms with Gasteiger partial charge in [-0.25, -0.2) is 0 Å². The van der Waals surface area contributed by atoms with E-state index >= 15 is 0 Å². The van der Waals surface area contributed by atoms with Gasteiger partial charge in [-0.1, -0.05) is 0 Å². The maximum absolute atomic E-state index is 12.1. The second-order valence-electron chi connectivity index (χ2n) is 4.96. The molecule has 0 aromatic heterocycles. The number of esters is 1. The normalized spacial score (nSPS) is 19.8. The molecule has 1 aliphatic heterocycles. The minimum Gasteiger partial charge on any atom is -0.466 e. The van der Waals surface area contributed by atoms with Crippen LogP contribution in [0.3, 0.4) is 0 Å². The predicted octanol–water partition coefficient (Wildman–Crippen LogP) is -0.133. The minimum atomic E-state index is -3.55. The minimum absolute atomic E-state index is 0.0609. The van der Waals surface area contributed by atoms with E-state index in [0.717, 1.165) is 0 Å². The largest absolute Gasteiger partial charge is 0.466 e. The third kappa shape index (κ3) is 5.01. The van der Waals surface area contributed by atoms with Crippen molar-refractivity contribution in [2.24, 2.45) is 5.92 Å². The zero-order valence-corrected chi connectivity index (χ0v) is 12.9. The van der Waals surface area contributed by atoms with E-state index in [1.807, 2.05) is 0 Å². The summed E-state index contributed by atoms with van der Waals surface area (Å²) in [4.78, 5) is 11.6. The van der Waals surface area contributed by atoms with Crippen LogP contribution in [-0.4, -0.2) is 56.1 Å². The van der Waals surface area contributed by atoms with Crippen molar-refractivity contribution in [1.82, 2.24) is 9.03 Å². The molecule has 2 N–H and O–H groups in total. The number of carbonyl (C=O) groups excluding carboxylic acids is 1. The lowest BCUT2D eigenvalue weighted by Gasteiger charge is -2.31. The standard InChI is InChI=1S/C12H24N2O5S/c1-3-19-12(16)11-4-7-14(8-5-11)20(17,18)13-10(2)6-9-15/h10-11,13,15H,3-9H2,1-2H3. The van der Waals surface area contributed by atoms with Crippen molar-refractivity contribution in [3.63, 3.8) is 0 Å². The lowest BCUT2D eigenvalue weighted by Crippen LogP contribution is -2.48. The average molecular weight is 308 g/mol. The van der Waals surface area contributed by atoms with Crippen LogP contribution in [0.2, 0.25) is 0 Å². The summed E-state index contributed by atoms with van der Waals surface area (Å²) >= 11 is 0. The average Bonchev–Trinajstić information content (AvgIpc) is 2.39. The maximum atomic E-state index is 12.1. The Bertz CT molecular complexity index is 404. The van der Waals surface area contributed by atoms with E-state index in [2.05, 4.69) is 4.72 Å². The molecule has 1 fully saturated rings. The van der Waals surface area contributed by atoms with Crippen LogP contribution in [0.25, 0.3) is 0 Å². The summed E-state index contributed by atoms with van der Waals surface area (Å²) < 4.78 is 33.0. The van der Waals surface area contributed by atoms with Gasteiger partial charge in [0.2, 0.25) is 0 Å². The van der Waals surface area contributed by atoms with Crippen molar-refractivity contribution >= 4 is 16.2 Å². The molecule has 0 aromatic carbocycles. The van der Waals surface area contributed by atoms with Gasteiger partial charge >= 0.3 is 5.97 Å². The summed E-state index contributed by atoms with van der Waals surface area (Å²) in [6.45, 7) is 4.37. The first-order chi connectivity index (χ1) is 9.40. The molecule has 0 aromatic rings. The number of rotatable bonds is 7. The van der Waals surface area contributed by atoms with Gasteiger partial charge in [-0.05, 0) is 33.1 Å². The van der Waals surface area contributed by atoms with Gasteiger partial charge in [0.1, 0.15) is 0 Å². The summed E-state index contributed by atoms with van der Waals surface area (Å²) in [5.74, 6) is -0.456. The number of nitrogens with zero attached hydrogens (tertiary/aromatic N) is 1. The van der Waals surface area contributed by atoms with Gasteiger partial charge in [-0.2, -0.15) is 17.4 Å². The van der Waals surface area contributed by atoms with Gasteiger partial charge in [0, 0.05) is 25.7 Å². The lowest BCUT2D eigenvalue weighted by molar-refractivity contribution is -0.149. The molecule has 1 saturated heterocycles. The van der Waals surface area contributed by atoms with Gasteiger partial charge < -0.3 is 9.84 Å². The maximum Gasteiger partial charge on any atom is 0.309 e. The number of piperidine rings is 1. The molecule has 0 saturated carbocycles. The summed E-state index contributed by atoms with van der Waals surface area (Å²) in [6, 6.07) is -0.312. The molecule has 1 rings (SSSR count). The monoisotopic (exact) mass is 308 g/mol. The SMILES string of the molecule is CCOC(=O)C1CCN(S(=O)(=O)NC(C)CCO)CC1. The molecule has 7 nitrogen and oxygen atoms in total. The van der Waals surface area contributed by atoms with Crippen LogP contribution in [0.5, 0.6) is 0 Å². The molecule has 1 heterocycles. The number of hydrogen-bond donors (Lipinski definition) is 2. The number of carbonyl (C=O) groups is 1. The van der Waals surface area contributed by atoms with Gasteiger partial charge in [-0.3, -0.25) is 4.79 Å². The highest BCUT2D eigenvalue weighted by atomic mass is 32.2. The zero-order valence-electron chi connectivity index (χ0n) is 12.0. The number of ether oxygens (including phenoxy) is 1. The molecule has 0 aliphatic carbocycles. The third-order valence-electron chi connectivity index (χ3n) is 3.33. The van der Waals surface area contributed by atoms with Crippen LogP contribution in [0.4, 0.5) is 0 Å². The van der Waals surface area contributed by atoms with E-state index < -0.39 is 10.2 Å². The number of aliphatic hydroxyl groups excluding tert-OH is 1. The van der Waals surface area contributed by atoms with E-state index in [0.29, 0.717) is 39.0 Å². The second kappa shape index (κ2) is 7.92. The predicted molar refractivity (Wildman–Crippen MR) is 74.2 cm³/mol. The Morgan fingerprint density at radius 3 is 2.55 bits per heavy atom. The highest BCUT2D eigenvalue weighted by Crippen LogP contribution is 2.20. The summed E-state index contributed by atoms with van der Waals surface area (Å²) in [7, 11) is -3.55. The van der Waals surface area contributed by atoms with E-state index in [9.17, 15) is 13.2 Å². The Morgan fingerprint density at radius 2 is 2.05 bits per heavy atom. The van der Waals surface area contributed by atoms with Crippen LogP contribution in [0, 0.1) is 5.92 Å². The molecular weight excluding hydrogens is 284 g/mol. The number of nitrogens with one attached hydrogen (secondary N) is 1. The summed E-state index contributed by atoms with van der Waals surface area (Å²) in [5, 5.41) is 8.79. The lowest BCUT2D eigenvalue weighted by atomic mass is 9.98. The Labute approximate surface area is 120 Å². The quantitative estimate of drug-likeness (QED) is 0.639. The first-order valence-corrected chi connectivity index (χ1v) is 8.39. The van der Waals surface area contributed by atoms with E-state index in [4.69, 9.17) is 9.84 Å². The molecule has 0 bridgehead atoms. The van der Waals surface area contributed by atoms with Gasteiger partial charge in [0.05, 0.1) is 12.5 Å². The van der Waals surface area contributed by atoms with E-state index in [-0.39, 0.29) is 24.5 Å². The van der Waals surface area contributed by atoms with Crippen LogP contribution in [-0.2, 0) is 19.7 Å². The molecule has 20 heavy (non-hydrogen) atoms. The van der Waals surface area contributed by atoms with Crippen LogP contribution >= 0.6 is 0 Å². The molecule has 1 unspecified atom stereocenters. The summed E-state index contributed by atoms with van der Waals surface area (Å²) in [6.07, 6.45) is 1.33. The van der Waals surface area contributed by atoms with Crippen LogP contribution < -0.4 is 4.72 Å². The Balaban J connectivity index is 2.49. The van der Waals surface area contributed by atoms with Gasteiger partial charge in [0.15, 0.2) is 0 Å². The highest BCUT2D eigenvalue weighted by molar-refractivity contribution is 7.87. The topological polar surface area (TPSA) is 95.9 Å². The van der Waals surface area contributed by atoms with E-state index in [1.54, 1.807) is 13.8 Å². The molecule has 0 radical (unpaired) electrons. The third-order valence-corrected chi connectivity index (χ3v) is 5.07. The second-order valence-corrected chi connectivity index (χ2v) is 6.66. The van der Waals surface area contributed by atoms with Crippen LogP contribution in [0.1, 0.15) is 33.1 Å². The van der Waals surface area contributed by atoms with Gasteiger partial charge in [-0.15, -0.1) is 0 Å². The fourth-order valence-corrected chi connectivity index (χ4v) is 3.64. The molecule has 118 valence electrons. The van der Waals surface area contributed by atoms with Crippen molar-refractivity contribution < 1.29 is 23.1 Å². The smallest absolute Gasteiger partial charge is 0.309 e. The number of aliphatic hydroxyl groups is 1. The zero-order chi connectivity index (χ0) is 15.2. The van der Waals surface area contributed by atoms with Crippen molar-refractivity contribution in [3.05, 3.63) is 0 Å². The van der Waals surface area contributed by atoms with Crippen LogP contribution in [0.15, 0.2) is 0 Å². The Kier molecular flexibility index (Phi) is 6.87. The fourth-order valence-electron chi connectivity index (χ4n) is 2.17. The fraction of sp³-hybridized carbons (Fsp3) is 0.917. The summed E-state index contributed by atoms with van der Waals surface area (Å²) in [5.41, 5.74) is 0. The Morgan fingerprint density at radius 1 is 1.45 bits per heavy atom. The van der Waals surface area contributed by atoms with Crippen molar-refractivity contribution in [2.45, 2.75) is 39.2 Å². The first-order valence-electron chi connectivity index (χ1n) is 6.95. The molecule has 1 atom stereocenters. The van der Waals surface area contributed by atoms with E-state index in [1.165, 1.54) is 4.31 Å². The Hall–Kier alpha value is -0.700. The van der Waals surface area contributed by atoms with Crippen molar-refractivity contribution in [2.75, 3.05) is 26.3 Å². The number of hydrogen-bond acceptors (Lipinski definition) is 5. The first kappa shape index (κ1) is 17.4. The molecule has 0 amide bonds. The molecule has 0 spiro atoms. The highest BCUT2D eigenvalue weighted by Gasteiger charge is 2.32. The van der Waals surface area contributed by atoms with Crippen molar-refractivity contribution in [1.29, 1.82) is 0 Å². The van der Waals surface area contributed by atoms with Crippen molar-refractivity contribution in [3.8, 4) is 0 Å². The van der Waals surface area contributed by atoms with Gasteiger partial charge in [0.25, 0.3) is 10.2 Å². The molecule has 1 aliphatic rings.